The van der Waals surface area contributed by atoms with Gasteiger partial charge in [0.2, 0.25) is 0 Å². The molecule has 0 unspecified atom stereocenters. The molecule has 15 rings (SSSR count). The minimum atomic E-state index is 0.815. The van der Waals surface area contributed by atoms with Crippen molar-refractivity contribution in [2.75, 3.05) is 9.80 Å². The van der Waals surface area contributed by atoms with Crippen LogP contribution >= 0.6 is 0 Å². The van der Waals surface area contributed by atoms with Gasteiger partial charge in [0.1, 0.15) is 22.3 Å². The molecule has 3 aromatic heterocycles. The first kappa shape index (κ1) is 42.8. The molecule has 0 spiro atoms. The third kappa shape index (κ3) is 6.71. The van der Waals surface area contributed by atoms with Crippen LogP contribution < -0.4 is 9.80 Å². The summed E-state index contributed by atoms with van der Waals surface area (Å²) in [5, 5.41) is 10.4. The van der Waals surface area contributed by atoms with E-state index < -0.39 is 0 Å². The summed E-state index contributed by atoms with van der Waals surface area (Å²) in [5.41, 5.74) is 17.7. The molecule has 3 heterocycles. The predicted molar refractivity (Wildman–Crippen MR) is 313 cm³/mol. The number of furan rings is 3. The van der Waals surface area contributed by atoms with Crippen molar-refractivity contribution in [3.63, 3.8) is 0 Å². The van der Waals surface area contributed by atoms with Crippen LogP contribution in [0.5, 0.6) is 0 Å². The van der Waals surface area contributed by atoms with E-state index in [9.17, 15) is 0 Å². The fourth-order valence-electron chi connectivity index (χ4n) is 11.6. The van der Waals surface area contributed by atoms with Gasteiger partial charge in [-0.1, -0.05) is 205 Å². The summed E-state index contributed by atoms with van der Waals surface area (Å²) in [6.07, 6.45) is 0. The number of fused-ring (bicyclic) bond motifs is 13. The van der Waals surface area contributed by atoms with Crippen molar-refractivity contribution in [2.45, 2.75) is 13.8 Å². The predicted octanol–water partition coefficient (Wildman–Crippen LogP) is 20.6. The number of aryl methyl sites for hydroxylation is 2. The first-order valence-corrected chi connectivity index (χ1v) is 25.6. The van der Waals surface area contributed by atoms with Crippen LogP contribution in [0.15, 0.2) is 256 Å². The van der Waals surface area contributed by atoms with E-state index in [4.69, 9.17) is 13.3 Å². The lowest BCUT2D eigenvalue weighted by Gasteiger charge is -2.27. The van der Waals surface area contributed by atoms with Gasteiger partial charge in [0.05, 0.1) is 22.7 Å². The van der Waals surface area contributed by atoms with Gasteiger partial charge in [0, 0.05) is 76.4 Å². The van der Waals surface area contributed by atoms with Crippen LogP contribution in [0.25, 0.3) is 110 Å². The standard InChI is InChI=1S/C70H46N2O3/c1-43-33-37-47(38-34-43)71(61-31-15-29-57-55-27-13-25-49(65(55)74-69(57)61)45-17-5-3-6-18-45)63-41-59-60-42-64(52-22-10-12-24-54(52)68(60)73-67(59)53-23-11-9-21-51(53)63)72(48-39-35-44(2)36-40-48)62-32-16-30-58-56-28-14-26-50(66(56)75-70(58)62)46-19-7-4-8-20-46/h3-42H,1-2H3. The molecule has 354 valence electrons. The van der Waals surface area contributed by atoms with Crippen LogP contribution in [-0.4, -0.2) is 0 Å². The fraction of sp³-hybridized carbons (Fsp3) is 0.0286. The second kappa shape index (κ2) is 16.9. The van der Waals surface area contributed by atoms with Gasteiger partial charge in [0.15, 0.2) is 11.2 Å². The summed E-state index contributed by atoms with van der Waals surface area (Å²) in [5.74, 6) is 0. The summed E-state index contributed by atoms with van der Waals surface area (Å²) in [6, 6.07) is 86.5. The van der Waals surface area contributed by atoms with Crippen LogP contribution in [0.1, 0.15) is 11.1 Å². The summed E-state index contributed by atoms with van der Waals surface area (Å²) in [4.78, 5) is 4.75. The minimum absolute atomic E-state index is 0.815. The van der Waals surface area contributed by atoms with E-state index in [1.807, 2.05) is 0 Å². The number of benzene rings is 12. The van der Waals surface area contributed by atoms with Crippen molar-refractivity contribution in [2.24, 2.45) is 0 Å². The van der Waals surface area contributed by atoms with Crippen molar-refractivity contribution in [1.82, 2.24) is 0 Å². The number of hydrogen-bond donors (Lipinski definition) is 0. The van der Waals surface area contributed by atoms with Crippen molar-refractivity contribution < 1.29 is 13.3 Å². The quantitative estimate of drug-likeness (QED) is 0.152. The summed E-state index contributed by atoms with van der Waals surface area (Å²) in [6.45, 7) is 4.27. The highest BCUT2D eigenvalue weighted by Gasteiger charge is 2.28. The van der Waals surface area contributed by atoms with Gasteiger partial charge in [-0.25, -0.2) is 0 Å². The van der Waals surface area contributed by atoms with E-state index in [0.717, 1.165) is 144 Å². The Morgan fingerprint density at radius 1 is 0.240 bits per heavy atom. The molecule has 0 aliphatic carbocycles. The SMILES string of the molecule is Cc1ccc(N(c2cc3c4cc(N(c5ccc(C)cc5)c5cccc6c5oc5c(-c7ccccc7)cccc56)c5ccccc5c4oc3c3ccccc23)c2cccc3c2oc2c(-c4ccccc4)cccc23)cc1. The van der Waals surface area contributed by atoms with Crippen molar-refractivity contribution in [3.05, 3.63) is 254 Å². The van der Waals surface area contributed by atoms with Gasteiger partial charge in [0.25, 0.3) is 0 Å². The maximum Gasteiger partial charge on any atom is 0.159 e. The summed E-state index contributed by atoms with van der Waals surface area (Å²) < 4.78 is 21.6. The lowest BCUT2D eigenvalue weighted by molar-refractivity contribution is 0.670. The molecular weight excluding hydrogens is 917 g/mol. The Morgan fingerprint density at radius 2 is 0.560 bits per heavy atom. The lowest BCUT2D eigenvalue weighted by Crippen LogP contribution is -2.11. The maximum atomic E-state index is 7.26. The second-order valence-corrected chi connectivity index (χ2v) is 19.7. The zero-order chi connectivity index (χ0) is 49.7. The molecule has 75 heavy (non-hydrogen) atoms. The van der Waals surface area contributed by atoms with E-state index in [1.165, 1.54) is 11.1 Å². The van der Waals surface area contributed by atoms with Gasteiger partial charge in [-0.2, -0.15) is 0 Å². The van der Waals surface area contributed by atoms with E-state index >= 15 is 0 Å². The normalized spacial score (nSPS) is 11.9. The minimum Gasteiger partial charge on any atom is -0.455 e. The second-order valence-electron chi connectivity index (χ2n) is 19.7. The number of para-hydroxylation sites is 4. The van der Waals surface area contributed by atoms with Gasteiger partial charge >= 0.3 is 0 Å². The van der Waals surface area contributed by atoms with E-state index in [2.05, 4.69) is 266 Å². The molecular formula is C70H46N2O3. The Balaban J connectivity index is 1.01. The lowest BCUT2D eigenvalue weighted by atomic mass is 9.98. The van der Waals surface area contributed by atoms with Crippen LogP contribution in [0, 0.1) is 13.8 Å². The van der Waals surface area contributed by atoms with Crippen LogP contribution in [0.2, 0.25) is 0 Å². The largest absolute Gasteiger partial charge is 0.455 e. The van der Waals surface area contributed by atoms with Crippen molar-refractivity contribution in [3.8, 4) is 22.3 Å². The molecule has 0 bridgehead atoms. The van der Waals surface area contributed by atoms with E-state index in [1.54, 1.807) is 0 Å². The summed E-state index contributed by atoms with van der Waals surface area (Å²) in [7, 11) is 0. The van der Waals surface area contributed by atoms with E-state index in [0.29, 0.717) is 0 Å². The molecule has 12 aromatic carbocycles. The molecule has 0 aliphatic rings. The molecule has 0 saturated carbocycles. The Labute approximate surface area is 432 Å². The molecule has 5 nitrogen and oxygen atoms in total. The molecule has 0 fully saturated rings. The first-order valence-electron chi connectivity index (χ1n) is 25.6. The number of hydrogen-bond acceptors (Lipinski definition) is 5. The van der Waals surface area contributed by atoms with Gasteiger partial charge in [-0.05, 0) is 73.5 Å². The number of nitrogens with zero attached hydrogens (tertiary/aromatic N) is 2. The topological polar surface area (TPSA) is 45.9 Å². The highest BCUT2D eigenvalue weighted by molar-refractivity contribution is 6.26. The van der Waals surface area contributed by atoms with Crippen molar-refractivity contribution >= 4 is 121 Å². The third-order valence-corrected chi connectivity index (χ3v) is 15.2. The maximum absolute atomic E-state index is 7.26. The van der Waals surface area contributed by atoms with Crippen LogP contribution in [-0.2, 0) is 0 Å². The third-order valence-electron chi connectivity index (χ3n) is 15.2. The number of anilines is 6. The highest BCUT2D eigenvalue weighted by atomic mass is 16.3. The molecule has 0 atom stereocenters. The zero-order valence-electron chi connectivity index (χ0n) is 41.2. The Morgan fingerprint density at radius 3 is 0.973 bits per heavy atom. The molecule has 0 N–H and O–H groups in total. The van der Waals surface area contributed by atoms with Crippen LogP contribution in [0.3, 0.4) is 0 Å². The van der Waals surface area contributed by atoms with E-state index in [-0.39, 0.29) is 0 Å². The van der Waals surface area contributed by atoms with Gasteiger partial charge in [-0.3, -0.25) is 0 Å². The first-order chi connectivity index (χ1) is 37.0. The van der Waals surface area contributed by atoms with Crippen LogP contribution in [0.4, 0.5) is 34.1 Å². The summed E-state index contributed by atoms with van der Waals surface area (Å²) >= 11 is 0. The molecule has 0 radical (unpaired) electrons. The molecule has 0 saturated heterocycles. The molecule has 5 heteroatoms. The smallest absolute Gasteiger partial charge is 0.159 e. The van der Waals surface area contributed by atoms with Crippen molar-refractivity contribution in [1.29, 1.82) is 0 Å². The van der Waals surface area contributed by atoms with Gasteiger partial charge < -0.3 is 23.1 Å². The fourth-order valence-corrected chi connectivity index (χ4v) is 11.6. The average molecular weight is 963 g/mol. The van der Waals surface area contributed by atoms with Gasteiger partial charge in [-0.15, -0.1) is 0 Å². The Hall–Kier alpha value is -9.84. The Kier molecular flexibility index (Phi) is 9.63. The molecule has 15 aromatic rings. The molecule has 0 aliphatic heterocycles. The average Bonchev–Trinajstić information content (AvgIpc) is 4.18. The zero-order valence-corrected chi connectivity index (χ0v) is 41.2. The molecule has 0 amide bonds. The monoisotopic (exact) mass is 962 g/mol. The number of rotatable bonds is 8. The highest BCUT2D eigenvalue weighted by Crippen LogP contribution is 2.52. The Bertz CT molecular complexity index is 4420.